The Kier molecular flexibility index (Phi) is 5.72. The molecule has 2 atom stereocenters. The third-order valence-electron chi connectivity index (χ3n) is 4.44. The van der Waals surface area contributed by atoms with Crippen LogP contribution in [0.25, 0.3) is 0 Å². The molecule has 0 amide bonds. The molecule has 0 aliphatic heterocycles. The SMILES string of the molecule is O=C(CC(c1ccccc1)C(O)C(=O)c1ccccc1)c1ccccc1. The molecule has 26 heavy (non-hydrogen) atoms. The van der Waals surface area contributed by atoms with E-state index in [-0.39, 0.29) is 18.0 Å². The number of carbonyl (C=O) groups is 2. The molecule has 3 aromatic rings. The van der Waals surface area contributed by atoms with Crippen molar-refractivity contribution in [2.24, 2.45) is 0 Å². The van der Waals surface area contributed by atoms with Crippen molar-refractivity contribution < 1.29 is 14.7 Å². The van der Waals surface area contributed by atoms with E-state index in [1.165, 1.54) is 0 Å². The normalized spacial score (nSPS) is 13.0. The lowest BCUT2D eigenvalue weighted by Gasteiger charge is -2.22. The first-order chi connectivity index (χ1) is 12.7. The van der Waals surface area contributed by atoms with Gasteiger partial charge in [0.25, 0.3) is 0 Å². The van der Waals surface area contributed by atoms with E-state index < -0.39 is 12.0 Å². The lowest BCUT2D eigenvalue weighted by molar-refractivity contribution is 0.0666. The molecule has 0 radical (unpaired) electrons. The number of carbonyl (C=O) groups excluding carboxylic acids is 2. The van der Waals surface area contributed by atoms with Gasteiger partial charge < -0.3 is 5.11 Å². The number of ketones is 2. The molecular weight excluding hydrogens is 324 g/mol. The minimum atomic E-state index is -1.28. The minimum Gasteiger partial charge on any atom is -0.384 e. The quantitative estimate of drug-likeness (QED) is 0.651. The molecule has 0 saturated carbocycles. The summed E-state index contributed by atoms with van der Waals surface area (Å²) < 4.78 is 0. The number of aliphatic hydroxyl groups excluding tert-OH is 1. The summed E-state index contributed by atoms with van der Waals surface area (Å²) in [6.07, 6.45) is -1.22. The Morgan fingerprint density at radius 2 is 1.15 bits per heavy atom. The van der Waals surface area contributed by atoms with Crippen molar-refractivity contribution in [2.75, 3.05) is 0 Å². The summed E-state index contributed by atoms with van der Waals surface area (Å²) in [7, 11) is 0. The summed E-state index contributed by atoms with van der Waals surface area (Å²) in [5, 5.41) is 10.8. The van der Waals surface area contributed by atoms with E-state index in [1.54, 1.807) is 48.5 Å². The summed E-state index contributed by atoms with van der Waals surface area (Å²) in [6, 6.07) is 26.8. The summed E-state index contributed by atoms with van der Waals surface area (Å²) >= 11 is 0. The molecule has 0 bridgehead atoms. The maximum absolute atomic E-state index is 12.7. The van der Waals surface area contributed by atoms with Crippen LogP contribution < -0.4 is 0 Å². The summed E-state index contributed by atoms with van der Waals surface area (Å²) in [6.45, 7) is 0. The molecule has 0 spiro atoms. The zero-order valence-electron chi connectivity index (χ0n) is 14.3. The zero-order chi connectivity index (χ0) is 18.4. The number of aliphatic hydroxyl groups is 1. The van der Waals surface area contributed by atoms with Crippen molar-refractivity contribution >= 4 is 11.6 Å². The van der Waals surface area contributed by atoms with Gasteiger partial charge in [-0.3, -0.25) is 9.59 Å². The van der Waals surface area contributed by atoms with Crippen molar-refractivity contribution in [3.05, 3.63) is 108 Å². The summed E-state index contributed by atoms with van der Waals surface area (Å²) in [4.78, 5) is 25.4. The Morgan fingerprint density at radius 3 is 1.69 bits per heavy atom. The van der Waals surface area contributed by atoms with Crippen LogP contribution in [0.3, 0.4) is 0 Å². The Hall–Kier alpha value is -3.04. The number of benzene rings is 3. The Balaban J connectivity index is 1.89. The maximum atomic E-state index is 12.7. The van der Waals surface area contributed by atoms with Crippen LogP contribution in [0.5, 0.6) is 0 Å². The van der Waals surface area contributed by atoms with E-state index in [9.17, 15) is 14.7 Å². The van der Waals surface area contributed by atoms with Crippen molar-refractivity contribution in [1.29, 1.82) is 0 Å². The third-order valence-corrected chi connectivity index (χ3v) is 4.44. The fourth-order valence-corrected chi connectivity index (χ4v) is 3.01. The van der Waals surface area contributed by atoms with Crippen LogP contribution in [0.4, 0.5) is 0 Å². The number of rotatable bonds is 7. The Labute approximate surface area is 152 Å². The molecule has 1 N–H and O–H groups in total. The first-order valence-electron chi connectivity index (χ1n) is 8.57. The molecule has 3 rings (SSSR count). The van der Waals surface area contributed by atoms with Crippen molar-refractivity contribution in [1.82, 2.24) is 0 Å². The molecule has 0 heterocycles. The minimum absolute atomic E-state index is 0.0633. The van der Waals surface area contributed by atoms with Crippen LogP contribution in [-0.4, -0.2) is 22.8 Å². The van der Waals surface area contributed by atoms with Crippen LogP contribution >= 0.6 is 0 Å². The lowest BCUT2D eigenvalue weighted by atomic mass is 9.84. The average Bonchev–Trinajstić information content (AvgIpc) is 2.72. The molecule has 0 saturated heterocycles. The molecule has 3 aromatic carbocycles. The third kappa shape index (κ3) is 4.13. The van der Waals surface area contributed by atoms with Gasteiger partial charge in [-0.15, -0.1) is 0 Å². The number of Topliss-reactive ketones (excluding diaryl/α,β-unsaturated/α-hetero) is 2. The number of hydrogen-bond donors (Lipinski definition) is 1. The van der Waals surface area contributed by atoms with E-state index in [4.69, 9.17) is 0 Å². The highest BCUT2D eigenvalue weighted by atomic mass is 16.3. The van der Waals surface area contributed by atoms with Gasteiger partial charge >= 0.3 is 0 Å². The van der Waals surface area contributed by atoms with Gasteiger partial charge in [-0.1, -0.05) is 91.0 Å². The number of hydrogen-bond acceptors (Lipinski definition) is 3. The maximum Gasteiger partial charge on any atom is 0.191 e. The molecule has 130 valence electrons. The van der Waals surface area contributed by atoms with E-state index in [0.29, 0.717) is 11.1 Å². The molecular formula is C23H20O3. The standard InChI is InChI=1S/C23H20O3/c24-21(18-12-6-2-7-13-18)16-20(17-10-4-1-5-11-17)23(26)22(25)19-14-8-3-9-15-19/h1-15,20,23,26H,16H2. The van der Waals surface area contributed by atoms with Crippen LogP contribution in [0.1, 0.15) is 38.6 Å². The highest BCUT2D eigenvalue weighted by Crippen LogP contribution is 2.27. The van der Waals surface area contributed by atoms with E-state index in [0.717, 1.165) is 5.56 Å². The molecule has 0 fully saturated rings. The second-order valence-electron chi connectivity index (χ2n) is 6.19. The largest absolute Gasteiger partial charge is 0.384 e. The molecule has 0 aliphatic rings. The van der Waals surface area contributed by atoms with E-state index >= 15 is 0 Å². The zero-order valence-corrected chi connectivity index (χ0v) is 14.3. The smallest absolute Gasteiger partial charge is 0.191 e. The van der Waals surface area contributed by atoms with E-state index in [2.05, 4.69) is 0 Å². The van der Waals surface area contributed by atoms with Crippen LogP contribution in [0.15, 0.2) is 91.0 Å². The van der Waals surface area contributed by atoms with Crippen LogP contribution in [-0.2, 0) is 0 Å². The molecule has 2 unspecified atom stereocenters. The van der Waals surface area contributed by atoms with Crippen molar-refractivity contribution in [3.63, 3.8) is 0 Å². The van der Waals surface area contributed by atoms with Crippen molar-refractivity contribution in [3.8, 4) is 0 Å². The fraction of sp³-hybridized carbons (Fsp3) is 0.130. The predicted octanol–water partition coefficient (Wildman–Crippen LogP) is 4.29. The summed E-state index contributed by atoms with van der Waals surface area (Å²) in [5.41, 5.74) is 1.79. The van der Waals surface area contributed by atoms with E-state index in [1.807, 2.05) is 42.5 Å². The van der Waals surface area contributed by atoms with Gasteiger partial charge in [0.1, 0.15) is 6.10 Å². The Morgan fingerprint density at radius 1 is 0.692 bits per heavy atom. The van der Waals surface area contributed by atoms with Gasteiger partial charge in [-0.05, 0) is 5.56 Å². The molecule has 0 aliphatic carbocycles. The second kappa shape index (κ2) is 8.37. The van der Waals surface area contributed by atoms with Gasteiger partial charge in [-0.2, -0.15) is 0 Å². The first kappa shape index (κ1) is 17.8. The fourth-order valence-electron chi connectivity index (χ4n) is 3.01. The lowest BCUT2D eigenvalue weighted by Crippen LogP contribution is -2.30. The predicted molar refractivity (Wildman–Crippen MR) is 101 cm³/mol. The molecule has 3 heteroatoms. The van der Waals surface area contributed by atoms with Gasteiger partial charge in [0.05, 0.1) is 0 Å². The van der Waals surface area contributed by atoms with Crippen molar-refractivity contribution in [2.45, 2.75) is 18.4 Å². The average molecular weight is 344 g/mol. The highest BCUT2D eigenvalue weighted by Gasteiger charge is 2.30. The monoisotopic (exact) mass is 344 g/mol. The molecule has 0 aromatic heterocycles. The Bertz CT molecular complexity index is 858. The topological polar surface area (TPSA) is 54.4 Å². The van der Waals surface area contributed by atoms with Crippen LogP contribution in [0, 0.1) is 0 Å². The summed E-state index contributed by atoms with van der Waals surface area (Å²) in [5.74, 6) is -1.07. The van der Waals surface area contributed by atoms with Crippen LogP contribution in [0.2, 0.25) is 0 Å². The van der Waals surface area contributed by atoms with Gasteiger partial charge in [0, 0.05) is 23.5 Å². The van der Waals surface area contributed by atoms with Gasteiger partial charge in [0.15, 0.2) is 11.6 Å². The highest BCUT2D eigenvalue weighted by molar-refractivity contribution is 6.01. The second-order valence-corrected chi connectivity index (χ2v) is 6.19. The van der Waals surface area contributed by atoms with Gasteiger partial charge in [-0.25, -0.2) is 0 Å². The first-order valence-corrected chi connectivity index (χ1v) is 8.57. The van der Waals surface area contributed by atoms with Gasteiger partial charge in [0.2, 0.25) is 0 Å². The molecule has 3 nitrogen and oxygen atoms in total.